The molecule has 0 spiro atoms. The van der Waals surface area contributed by atoms with Gasteiger partial charge in [0.25, 0.3) is 0 Å². The molecular weight excluding hydrogens is 598 g/mol. The van der Waals surface area contributed by atoms with E-state index >= 15 is 9.13 Å². The van der Waals surface area contributed by atoms with Crippen molar-refractivity contribution >= 4 is 46.1 Å². The molecule has 0 aromatic heterocycles. The van der Waals surface area contributed by atoms with Crippen LogP contribution in [0.3, 0.4) is 0 Å². The number of rotatable bonds is 6. The van der Waals surface area contributed by atoms with Gasteiger partial charge in [-0.3, -0.25) is 0 Å². The summed E-state index contributed by atoms with van der Waals surface area (Å²) in [5.41, 5.74) is 12.7. The maximum absolute atomic E-state index is 16.3. The van der Waals surface area contributed by atoms with Gasteiger partial charge in [-0.25, -0.2) is 0 Å². The van der Waals surface area contributed by atoms with Gasteiger partial charge in [-0.15, -0.1) is 0 Å². The standard InChI is InChI=1S/C42H48O2P2/c1-25-16-29(5)39(30(6)17-25)45(43,40-31(7)18-26(2)19-32(40)8)37-14-13-15-38(24-37)46(44,41-33(9)20-27(3)21-34(41)10)42-35(11)22-28(4)23-36(42)12/h13-24H,1-12H3. The van der Waals surface area contributed by atoms with Gasteiger partial charge < -0.3 is 9.13 Å². The van der Waals surface area contributed by atoms with Crippen LogP contribution in [0.5, 0.6) is 0 Å². The molecule has 0 N–H and O–H groups in total. The molecule has 0 unspecified atom stereocenters. The van der Waals surface area contributed by atoms with Crippen LogP contribution in [0, 0.1) is 83.1 Å². The van der Waals surface area contributed by atoms with Gasteiger partial charge in [0, 0.05) is 31.8 Å². The third-order valence-electron chi connectivity index (χ3n) is 9.36. The van der Waals surface area contributed by atoms with Crippen molar-refractivity contribution in [1.82, 2.24) is 0 Å². The van der Waals surface area contributed by atoms with Crippen LogP contribution in [-0.2, 0) is 9.13 Å². The lowest BCUT2D eigenvalue weighted by atomic mass is 10.1. The molecule has 0 aliphatic carbocycles. The molecule has 5 aromatic rings. The molecule has 4 heteroatoms. The fourth-order valence-corrected chi connectivity index (χ4v) is 15.6. The topological polar surface area (TPSA) is 34.1 Å². The van der Waals surface area contributed by atoms with Crippen LogP contribution >= 0.6 is 14.3 Å². The summed E-state index contributed by atoms with van der Waals surface area (Å²) in [4.78, 5) is 0. The summed E-state index contributed by atoms with van der Waals surface area (Å²) >= 11 is 0. The van der Waals surface area contributed by atoms with E-state index in [-0.39, 0.29) is 0 Å². The summed E-state index contributed by atoms with van der Waals surface area (Å²) in [6, 6.07) is 25.1. The van der Waals surface area contributed by atoms with Gasteiger partial charge >= 0.3 is 0 Å². The van der Waals surface area contributed by atoms with E-state index in [0.717, 1.165) is 98.6 Å². The van der Waals surface area contributed by atoms with Gasteiger partial charge in [-0.2, -0.15) is 0 Å². The van der Waals surface area contributed by atoms with E-state index in [1.165, 1.54) is 0 Å². The first-order valence-electron chi connectivity index (χ1n) is 16.1. The highest BCUT2D eigenvalue weighted by molar-refractivity contribution is 7.87. The third kappa shape index (κ3) is 5.59. The fourth-order valence-electron chi connectivity index (χ4n) is 8.30. The summed E-state index contributed by atoms with van der Waals surface area (Å²) in [6.45, 7) is 25.0. The first-order valence-corrected chi connectivity index (χ1v) is 19.6. The van der Waals surface area contributed by atoms with Crippen LogP contribution in [0.1, 0.15) is 66.8 Å². The van der Waals surface area contributed by atoms with E-state index in [1.54, 1.807) is 0 Å². The first-order chi connectivity index (χ1) is 21.5. The number of aryl methyl sites for hydroxylation is 12. The monoisotopic (exact) mass is 646 g/mol. The quantitative estimate of drug-likeness (QED) is 0.173. The summed E-state index contributed by atoms with van der Waals surface area (Å²) in [7, 11) is -6.86. The average Bonchev–Trinajstić information content (AvgIpc) is 2.90. The summed E-state index contributed by atoms with van der Waals surface area (Å²) in [6.07, 6.45) is 0. The molecule has 0 aliphatic heterocycles. The Bertz CT molecular complexity index is 1770. The Morgan fingerprint density at radius 3 is 0.717 bits per heavy atom. The minimum absolute atomic E-state index is 0.722. The van der Waals surface area contributed by atoms with Gasteiger partial charge in [0.1, 0.15) is 0 Å². The summed E-state index contributed by atoms with van der Waals surface area (Å²) in [5.74, 6) is 0. The zero-order chi connectivity index (χ0) is 33.9. The van der Waals surface area contributed by atoms with Crippen LogP contribution in [-0.4, -0.2) is 0 Å². The second-order valence-corrected chi connectivity index (χ2v) is 19.0. The van der Waals surface area contributed by atoms with E-state index < -0.39 is 14.3 Å². The molecule has 0 saturated heterocycles. The molecule has 0 atom stereocenters. The van der Waals surface area contributed by atoms with Crippen LogP contribution in [0.15, 0.2) is 72.8 Å². The minimum Gasteiger partial charge on any atom is -0.309 e. The van der Waals surface area contributed by atoms with Crippen LogP contribution < -0.4 is 31.8 Å². The highest BCUT2D eigenvalue weighted by Crippen LogP contribution is 2.50. The van der Waals surface area contributed by atoms with Gasteiger partial charge in [0.2, 0.25) is 0 Å². The van der Waals surface area contributed by atoms with Crippen molar-refractivity contribution in [3.63, 3.8) is 0 Å². The summed E-state index contributed by atoms with van der Waals surface area (Å²) < 4.78 is 32.7. The molecule has 0 aliphatic rings. The van der Waals surface area contributed by atoms with Crippen molar-refractivity contribution in [1.29, 1.82) is 0 Å². The smallest absolute Gasteiger partial charge is 0.172 e. The van der Waals surface area contributed by atoms with E-state index in [9.17, 15) is 0 Å². The minimum atomic E-state index is -3.43. The predicted molar refractivity (Wildman–Crippen MR) is 202 cm³/mol. The zero-order valence-electron chi connectivity index (χ0n) is 29.6. The number of hydrogen-bond donors (Lipinski definition) is 0. The second kappa shape index (κ2) is 12.3. The highest BCUT2D eigenvalue weighted by Gasteiger charge is 2.39. The van der Waals surface area contributed by atoms with Crippen molar-refractivity contribution < 1.29 is 9.13 Å². The van der Waals surface area contributed by atoms with Crippen molar-refractivity contribution in [2.75, 3.05) is 0 Å². The Morgan fingerprint density at radius 1 is 0.326 bits per heavy atom. The average molecular weight is 647 g/mol. The Hall–Kier alpha value is -3.44. The second-order valence-electron chi connectivity index (χ2n) is 13.7. The van der Waals surface area contributed by atoms with E-state index in [2.05, 4.69) is 132 Å². The third-order valence-corrected chi connectivity index (χ3v) is 16.7. The van der Waals surface area contributed by atoms with E-state index in [1.807, 2.05) is 24.3 Å². The zero-order valence-corrected chi connectivity index (χ0v) is 31.4. The van der Waals surface area contributed by atoms with Crippen molar-refractivity contribution in [3.8, 4) is 0 Å². The van der Waals surface area contributed by atoms with Crippen LogP contribution in [0.2, 0.25) is 0 Å². The Balaban J connectivity index is 1.95. The molecule has 5 rings (SSSR count). The fraction of sp³-hybridized carbons (Fsp3) is 0.286. The predicted octanol–water partition coefficient (Wildman–Crippen LogP) is 8.67. The Morgan fingerprint density at radius 2 is 0.522 bits per heavy atom. The molecule has 0 heterocycles. The van der Waals surface area contributed by atoms with Crippen molar-refractivity contribution in [2.24, 2.45) is 0 Å². The van der Waals surface area contributed by atoms with Gasteiger partial charge in [0.15, 0.2) is 14.3 Å². The molecule has 0 saturated carbocycles. The Labute approximate surface area is 277 Å². The normalized spacial score (nSPS) is 12.1. The van der Waals surface area contributed by atoms with Crippen molar-refractivity contribution in [2.45, 2.75) is 83.1 Å². The highest BCUT2D eigenvalue weighted by atomic mass is 31.2. The van der Waals surface area contributed by atoms with E-state index in [4.69, 9.17) is 0 Å². The molecule has 0 bridgehead atoms. The largest absolute Gasteiger partial charge is 0.309 e. The lowest BCUT2D eigenvalue weighted by Crippen LogP contribution is -2.35. The molecule has 238 valence electrons. The molecule has 46 heavy (non-hydrogen) atoms. The lowest BCUT2D eigenvalue weighted by Gasteiger charge is -2.30. The summed E-state index contributed by atoms with van der Waals surface area (Å²) in [5, 5.41) is 4.97. The Kier molecular flexibility index (Phi) is 9.07. The van der Waals surface area contributed by atoms with E-state index in [0.29, 0.717) is 0 Å². The maximum atomic E-state index is 16.3. The van der Waals surface area contributed by atoms with Crippen molar-refractivity contribution in [3.05, 3.63) is 140 Å². The molecule has 0 fully saturated rings. The molecule has 5 aromatic carbocycles. The SMILES string of the molecule is Cc1cc(C)c(P(=O)(c2cccc(P(=O)(c3c(C)cc(C)cc3C)c3c(C)cc(C)cc3C)c2)c2c(C)cc(C)cc2C)c(C)c1. The van der Waals surface area contributed by atoms with Crippen LogP contribution in [0.25, 0.3) is 0 Å². The number of benzene rings is 5. The number of hydrogen-bond acceptors (Lipinski definition) is 2. The van der Waals surface area contributed by atoms with Gasteiger partial charge in [-0.05, 0) is 134 Å². The maximum Gasteiger partial charge on any atom is 0.172 e. The lowest BCUT2D eigenvalue weighted by molar-refractivity contribution is 0.592. The van der Waals surface area contributed by atoms with Gasteiger partial charge in [0.05, 0.1) is 0 Å². The van der Waals surface area contributed by atoms with Gasteiger partial charge in [-0.1, -0.05) is 89.0 Å². The van der Waals surface area contributed by atoms with Crippen LogP contribution in [0.4, 0.5) is 0 Å². The molecule has 2 nitrogen and oxygen atoms in total. The molecular formula is C42H48O2P2. The molecule has 0 radical (unpaired) electrons. The first kappa shape index (κ1) is 33.9. The molecule has 0 amide bonds.